The molecule has 2 aliphatic rings. The monoisotopic (exact) mass is 374 g/mol. The Labute approximate surface area is 140 Å². The quantitative estimate of drug-likeness (QED) is 0.125. The van der Waals surface area contributed by atoms with Gasteiger partial charge in [0.05, 0.1) is 13.2 Å². The van der Waals surface area contributed by atoms with E-state index in [0.717, 1.165) is 0 Å². The van der Waals surface area contributed by atoms with Crippen LogP contribution in [-0.4, -0.2) is 120 Å². The third-order valence-electron chi connectivity index (χ3n) is 4.21. The summed E-state index contributed by atoms with van der Waals surface area (Å²) in [5.74, 6) is -3.00. The minimum atomic E-state index is -3.00. The Morgan fingerprint density at radius 1 is 0.760 bits per heavy atom. The molecule has 0 spiro atoms. The molecule has 2 fully saturated rings. The van der Waals surface area contributed by atoms with Gasteiger partial charge in [-0.15, -0.1) is 0 Å². The summed E-state index contributed by atoms with van der Waals surface area (Å²) in [7, 11) is 0. The van der Waals surface area contributed by atoms with Crippen LogP contribution < -0.4 is 0 Å². The first kappa shape index (κ1) is 20.8. The van der Waals surface area contributed by atoms with E-state index >= 15 is 0 Å². The first-order chi connectivity index (χ1) is 11.7. The van der Waals surface area contributed by atoms with E-state index in [1.54, 1.807) is 0 Å². The maximum atomic E-state index is 10.0. The molecular weight excluding hydrogens is 352 g/mol. The second kappa shape index (κ2) is 8.01. The highest BCUT2D eigenvalue weighted by Crippen LogP contribution is 2.33. The standard InChI is InChI=1S/C12H22O13/c13-1-3-5(15)6(16)7(17)10(22-3)24-11-9(19)12(20,25-21)8(18)4(2-14)23-11/h3-11,13-21H,1-2H2/t3-,4-,5-,6+,7-,8-,9+,10-,11-,12+/m1/s1. The van der Waals surface area contributed by atoms with E-state index in [1.165, 1.54) is 0 Å². The first-order valence-corrected chi connectivity index (χ1v) is 7.34. The molecule has 2 aliphatic heterocycles. The molecule has 0 amide bonds. The van der Waals surface area contributed by atoms with Crippen molar-refractivity contribution < 1.29 is 65.2 Å². The average Bonchev–Trinajstić information content (AvgIpc) is 2.62. The van der Waals surface area contributed by atoms with Crippen molar-refractivity contribution in [3.8, 4) is 0 Å². The Hall–Kier alpha value is -0.520. The van der Waals surface area contributed by atoms with Gasteiger partial charge >= 0.3 is 0 Å². The Balaban J connectivity index is 2.17. The van der Waals surface area contributed by atoms with Crippen LogP contribution in [0.5, 0.6) is 0 Å². The summed E-state index contributed by atoms with van der Waals surface area (Å²) in [5.41, 5.74) is 0. The molecular formula is C12H22O13. The van der Waals surface area contributed by atoms with Crippen LogP contribution in [0.2, 0.25) is 0 Å². The topological polar surface area (TPSA) is 219 Å². The van der Waals surface area contributed by atoms with Crippen LogP contribution in [0.4, 0.5) is 0 Å². The summed E-state index contributed by atoms with van der Waals surface area (Å²) in [5, 5.41) is 86.1. The van der Waals surface area contributed by atoms with Crippen molar-refractivity contribution in [1.82, 2.24) is 0 Å². The van der Waals surface area contributed by atoms with E-state index in [9.17, 15) is 30.6 Å². The van der Waals surface area contributed by atoms with Crippen LogP contribution in [0, 0.1) is 0 Å². The fraction of sp³-hybridized carbons (Fsp3) is 1.00. The van der Waals surface area contributed by atoms with Gasteiger partial charge in [0.25, 0.3) is 5.79 Å². The summed E-state index contributed by atoms with van der Waals surface area (Å²) >= 11 is 0. The van der Waals surface area contributed by atoms with Crippen LogP contribution >= 0.6 is 0 Å². The molecule has 0 aliphatic carbocycles. The lowest BCUT2D eigenvalue weighted by molar-refractivity contribution is -0.488. The molecule has 13 nitrogen and oxygen atoms in total. The lowest BCUT2D eigenvalue weighted by Crippen LogP contribution is -2.69. The minimum Gasteiger partial charge on any atom is -0.394 e. The smallest absolute Gasteiger partial charge is 0.258 e. The molecule has 0 aromatic rings. The van der Waals surface area contributed by atoms with Gasteiger partial charge in [0.1, 0.15) is 36.6 Å². The highest BCUT2D eigenvalue weighted by molar-refractivity contribution is 4.96. The molecule has 2 heterocycles. The van der Waals surface area contributed by atoms with Crippen LogP contribution in [-0.2, 0) is 19.1 Å². The zero-order valence-electron chi connectivity index (χ0n) is 12.8. The number of aliphatic hydroxyl groups excluding tert-OH is 7. The van der Waals surface area contributed by atoms with Crippen molar-refractivity contribution in [1.29, 1.82) is 0 Å². The summed E-state index contributed by atoms with van der Waals surface area (Å²) in [4.78, 5) is 3.71. The van der Waals surface area contributed by atoms with Crippen molar-refractivity contribution in [3.05, 3.63) is 0 Å². The molecule has 10 atom stereocenters. The fourth-order valence-electron chi connectivity index (χ4n) is 2.63. The predicted octanol–water partition coefficient (Wildman–Crippen LogP) is -5.58. The molecule has 13 heteroatoms. The minimum absolute atomic E-state index is 0.736. The van der Waals surface area contributed by atoms with Gasteiger partial charge in [-0.2, -0.15) is 4.89 Å². The molecule has 2 rings (SSSR count). The van der Waals surface area contributed by atoms with Gasteiger partial charge in [-0.25, -0.2) is 5.26 Å². The van der Waals surface area contributed by atoms with Gasteiger partial charge in [-0.1, -0.05) is 0 Å². The van der Waals surface area contributed by atoms with E-state index in [0.29, 0.717) is 0 Å². The molecule has 2 saturated heterocycles. The maximum absolute atomic E-state index is 10.0. The predicted molar refractivity (Wildman–Crippen MR) is 71.3 cm³/mol. The highest BCUT2D eigenvalue weighted by Gasteiger charge is 2.59. The molecule has 0 saturated carbocycles. The van der Waals surface area contributed by atoms with Crippen molar-refractivity contribution in [2.45, 2.75) is 61.1 Å². The highest BCUT2D eigenvalue weighted by atomic mass is 17.1. The summed E-state index contributed by atoms with van der Waals surface area (Å²) in [6.45, 7) is -1.60. The normalized spacial score (nSPS) is 51.5. The van der Waals surface area contributed by atoms with Crippen molar-refractivity contribution in [2.24, 2.45) is 0 Å². The van der Waals surface area contributed by atoms with Gasteiger partial charge in [0.2, 0.25) is 0 Å². The van der Waals surface area contributed by atoms with Gasteiger partial charge in [0.15, 0.2) is 18.7 Å². The summed E-state index contributed by atoms with van der Waals surface area (Å²) in [6.07, 6.45) is -16.1. The van der Waals surface area contributed by atoms with Crippen LogP contribution in [0.25, 0.3) is 0 Å². The number of rotatable bonds is 5. The van der Waals surface area contributed by atoms with E-state index in [1.807, 2.05) is 0 Å². The van der Waals surface area contributed by atoms with Crippen LogP contribution in [0.1, 0.15) is 0 Å². The second-order valence-corrected chi connectivity index (χ2v) is 5.79. The van der Waals surface area contributed by atoms with Crippen LogP contribution in [0.3, 0.4) is 0 Å². The van der Waals surface area contributed by atoms with Crippen LogP contribution in [0.15, 0.2) is 0 Å². The van der Waals surface area contributed by atoms with E-state index in [-0.39, 0.29) is 0 Å². The Morgan fingerprint density at radius 2 is 1.32 bits per heavy atom. The van der Waals surface area contributed by atoms with Gasteiger partial charge in [-0.3, -0.25) is 0 Å². The average molecular weight is 374 g/mol. The van der Waals surface area contributed by atoms with Crippen molar-refractivity contribution in [3.63, 3.8) is 0 Å². The number of ether oxygens (including phenoxy) is 3. The third-order valence-corrected chi connectivity index (χ3v) is 4.21. The zero-order valence-corrected chi connectivity index (χ0v) is 12.8. The zero-order chi connectivity index (χ0) is 18.9. The molecule has 0 unspecified atom stereocenters. The largest absolute Gasteiger partial charge is 0.394 e. The van der Waals surface area contributed by atoms with Crippen molar-refractivity contribution >= 4 is 0 Å². The van der Waals surface area contributed by atoms with Gasteiger partial charge < -0.3 is 55.1 Å². The van der Waals surface area contributed by atoms with Crippen molar-refractivity contribution in [2.75, 3.05) is 13.2 Å². The Kier molecular flexibility index (Phi) is 6.66. The molecule has 25 heavy (non-hydrogen) atoms. The lowest BCUT2D eigenvalue weighted by atomic mass is 9.95. The summed E-state index contributed by atoms with van der Waals surface area (Å²) in [6, 6.07) is 0. The third kappa shape index (κ3) is 3.65. The molecule has 0 aromatic carbocycles. The number of aliphatic hydroxyl groups is 8. The molecule has 9 N–H and O–H groups in total. The first-order valence-electron chi connectivity index (χ1n) is 7.34. The Morgan fingerprint density at radius 3 is 1.84 bits per heavy atom. The van der Waals surface area contributed by atoms with E-state index < -0.39 is 74.3 Å². The summed E-state index contributed by atoms with van der Waals surface area (Å²) < 4.78 is 15.1. The number of hydrogen-bond donors (Lipinski definition) is 9. The number of hydrogen-bond acceptors (Lipinski definition) is 13. The van der Waals surface area contributed by atoms with E-state index in [2.05, 4.69) is 4.89 Å². The van der Waals surface area contributed by atoms with Gasteiger partial charge in [0, 0.05) is 0 Å². The lowest BCUT2D eigenvalue weighted by Gasteiger charge is -2.47. The maximum Gasteiger partial charge on any atom is 0.258 e. The molecule has 0 radical (unpaired) electrons. The fourth-order valence-corrected chi connectivity index (χ4v) is 2.63. The Bertz CT molecular complexity index is 435. The molecule has 148 valence electrons. The SMILES string of the molecule is OC[C@H]1O[C@H](O[C@H]2O[C@H](CO)[C@@H](O)[C@](O)(OO)[C@H]2O)[C@H](O)[C@@H](O)[C@@H]1O. The molecule has 0 bridgehead atoms. The molecule has 0 aromatic heterocycles. The van der Waals surface area contributed by atoms with Gasteiger partial charge in [-0.05, 0) is 0 Å². The van der Waals surface area contributed by atoms with E-state index in [4.69, 9.17) is 29.7 Å². The second-order valence-electron chi connectivity index (χ2n) is 5.79.